The number of nitrogens with zero attached hydrogens (tertiary/aromatic N) is 2. The summed E-state index contributed by atoms with van der Waals surface area (Å²) in [6.07, 6.45) is 3.32. The number of carbonyl (C=O) groups excluding carboxylic acids is 1. The van der Waals surface area contributed by atoms with Crippen molar-refractivity contribution in [1.29, 1.82) is 0 Å². The van der Waals surface area contributed by atoms with Crippen LogP contribution in [0.1, 0.15) is 22.5 Å². The van der Waals surface area contributed by atoms with Crippen molar-refractivity contribution in [3.63, 3.8) is 0 Å². The standard InChI is InChI=1S/C17H21N3O4S2/c1-24-14-4-6-15(7-5-14)26(22,23)19-9-13-3-2-8-20(11-13)17(21)16-10-18-12-25-16/h4-7,10,12-13,19H,2-3,8-9,11H2,1H3. The second kappa shape index (κ2) is 8.15. The number of sulfonamides is 1. The van der Waals surface area contributed by atoms with Gasteiger partial charge in [0.2, 0.25) is 10.0 Å². The molecule has 1 fully saturated rings. The van der Waals surface area contributed by atoms with Crippen LogP contribution in [0, 0.1) is 5.92 Å². The number of hydrogen-bond donors (Lipinski definition) is 1. The van der Waals surface area contributed by atoms with E-state index >= 15 is 0 Å². The highest BCUT2D eigenvalue weighted by Crippen LogP contribution is 2.21. The van der Waals surface area contributed by atoms with Crippen molar-refractivity contribution in [2.75, 3.05) is 26.7 Å². The Hall–Kier alpha value is -1.97. The molecule has 7 nitrogen and oxygen atoms in total. The number of likely N-dealkylation sites (tertiary alicyclic amines) is 1. The first-order valence-electron chi connectivity index (χ1n) is 8.31. The van der Waals surface area contributed by atoms with Gasteiger partial charge in [0, 0.05) is 19.6 Å². The monoisotopic (exact) mass is 395 g/mol. The van der Waals surface area contributed by atoms with Crippen LogP contribution in [0.25, 0.3) is 0 Å². The Morgan fingerprint density at radius 3 is 2.81 bits per heavy atom. The minimum atomic E-state index is -3.58. The number of carbonyl (C=O) groups is 1. The van der Waals surface area contributed by atoms with Gasteiger partial charge >= 0.3 is 0 Å². The van der Waals surface area contributed by atoms with Crippen molar-refractivity contribution < 1.29 is 17.9 Å². The smallest absolute Gasteiger partial charge is 0.265 e. The van der Waals surface area contributed by atoms with Crippen molar-refractivity contribution >= 4 is 27.3 Å². The molecule has 2 aromatic rings. The maximum absolute atomic E-state index is 12.4. The highest BCUT2D eigenvalue weighted by Gasteiger charge is 2.26. The quantitative estimate of drug-likeness (QED) is 0.808. The molecular formula is C17H21N3O4S2. The predicted molar refractivity (Wildman–Crippen MR) is 98.9 cm³/mol. The van der Waals surface area contributed by atoms with Gasteiger partial charge in [0.15, 0.2) is 0 Å². The van der Waals surface area contributed by atoms with Crippen molar-refractivity contribution in [2.45, 2.75) is 17.7 Å². The number of ether oxygens (including phenoxy) is 1. The summed E-state index contributed by atoms with van der Waals surface area (Å²) in [6, 6.07) is 6.26. The van der Waals surface area contributed by atoms with Crippen LogP contribution in [-0.4, -0.2) is 51.0 Å². The number of rotatable bonds is 6. The minimum absolute atomic E-state index is 0.0322. The molecule has 0 bridgehead atoms. The Balaban J connectivity index is 1.59. The summed E-state index contributed by atoms with van der Waals surface area (Å²) in [5.74, 6) is 0.664. The topological polar surface area (TPSA) is 88.6 Å². The van der Waals surface area contributed by atoms with E-state index in [0.29, 0.717) is 30.3 Å². The fraction of sp³-hybridized carbons (Fsp3) is 0.412. The van der Waals surface area contributed by atoms with Gasteiger partial charge < -0.3 is 9.64 Å². The Bertz CT molecular complexity index is 835. The molecule has 0 saturated carbocycles. The van der Waals surface area contributed by atoms with Gasteiger partial charge in [0.1, 0.15) is 10.6 Å². The van der Waals surface area contributed by atoms with E-state index in [2.05, 4.69) is 9.71 Å². The molecule has 140 valence electrons. The summed E-state index contributed by atoms with van der Waals surface area (Å²) in [5.41, 5.74) is 1.64. The van der Waals surface area contributed by atoms with E-state index in [1.165, 1.54) is 30.6 Å². The van der Waals surface area contributed by atoms with Crippen LogP contribution in [0.2, 0.25) is 0 Å². The first-order valence-corrected chi connectivity index (χ1v) is 10.7. The van der Waals surface area contributed by atoms with E-state index in [4.69, 9.17) is 4.74 Å². The number of nitrogens with one attached hydrogen (secondary N) is 1. The second-order valence-corrected chi connectivity index (χ2v) is 8.81. The third kappa shape index (κ3) is 4.40. The van der Waals surface area contributed by atoms with E-state index in [-0.39, 0.29) is 16.7 Å². The van der Waals surface area contributed by atoms with Crippen LogP contribution in [0.15, 0.2) is 40.9 Å². The molecule has 0 radical (unpaired) electrons. The number of methoxy groups -OCH3 is 1. The number of amides is 1. The van der Waals surface area contributed by atoms with Gasteiger partial charge in [-0.2, -0.15) is 0 Å². The molecule has 1 aromatic carbocycles. The number of thiazole rings is 1. The van der Waals surface area contributed by atoms with Gasteiger partial charge in [0.25, 0.3) is 5.91 Å². The molecule has 1 unspecified atom stereocenters. The number of hydrogen-bond acceptors (Lipinski definition) is 6. The molecule has 2 heterocycles. The molecule has 3 rings (SSSR count). The highest BCUT2D eigenvalue weighted by molar-refractivity contribution is 7.89. The molecular weight excluding hydrogens is 374 g/mol. The highest BCUT2D eigenvalue weighted by atomic mass is 32.2. The fourth-order valence-electron chi connectivity index (χ4n) is 2.96. The fourth-order valence-corrected chi connectivity index (χ4v) is 4.66. The van der Waals surface area contributed by atoms with Crippen LogP contribution in [0.4, 0.5) is 0 Å². The van der Waals surface area contributed by atoms with Gasteiger partial charge in [-0.15, -0.1) is 11.3 Å². The van der Waals surface area contributed by atoms with E-state index in [9.17, 15) is 13.2 Å². The lowest BCUT2D eigenvalue weighted by Gasteiger charge is -2.32. The maximum Gasteiger partial charge on any atom is 0.265 e. The molecule has 26 heavy (non-hydrogen) atoms. The molecule has 9 heteroatoms. The SMILES string of the molecule is COc1ccc(S(=O)(=O)NCC2CCCN(C(=O)c3cncs3)C2)cc1. The Kier molecular flexibility index (Phi) is 5.90. The average molecular weight is 396 g/mol. The van der Waals surface area contributed by atoms with E-state index < -0.39 is 10.0 Å². The van der Waals surface area contributed by atoms with Crippen LogP contribution < -0.4 is 9.46 Å². The van der Waals surface area contributed by atoms with Crippen LogP contribution in [0.3, 0.4) is 0 Å². The van der Waals surface area contributed by atoms with Crippen LogP contribution in [0.5, 0.6) is 5.75 Å². The van der Waals surface area contributed by atoms with Crippen LogP contribution in [-0.2, 0) is 10.0 Å². The van der Waals surface area contributed by atoms with Crippen molar-refractivity contribution in [3.8, 4) is 5.75 Å². The van der Waals surface area contributed by atoms with Crippen LogP contribution >= 0.6 is 11.3 Å². The first kappa shape index (κ1) is 18.8. The third-order valence-corrected chi connectivity index (χ3v) is 6.58. The number of aromatic nitrogens is 1. The van der Waals surface area contributed by atoms with E-state index in [1.807, 2.05) is 0 Å². The summed E-state index contributed by atoms with van der Waals surface area (Å²) in [5, 5.41) is 0. The summed E-state index contributed by atoms with van der Waals surface area (Å²) in [7, 11) is -2.05. The predicted octanol–water partition coefficient (Wildman–Crippen LogP) is 1.98. The Labute approximate surface area is 157 Å². The van der Waals surface area contributed by atoms with E-state index in [1.54, 1.807) is 28.7 Å². The van der Waals surface area contributed by atoms with Gasteiger partial charge in [-0.05, 0) is 43.0 Å². The van der Waals surface area contributed by atoms with E-state index in [0.717, 1.165) is 12.8 Å². The Morgan fingerprint density at radius 1 is 1.38 bits per heavy atom. The first-order chi connectivity index (χ1) is 12.5. The van der Waals surface area contributed by atoms with Crippen molar-refractivity contribution in [2.24, 2.45) is 5.92 Å². The molecule has 1 aliphatic rings. The summed E-state index contributed by atoms with van der Waals surface area (Å²) in [4.78, 5) is 19.0. The zero-order valence-electron chi connectivity index (χ0n) is 14.4. The molecule has 1 aromatic heterocycles. The lowest BCUT2D eigenvalue weighted by atomic mass is 9.98. The summed E-state index contributed by atoms with van der Waals surface area (Å²) < 4.78 is 32.6. The van der Waals surface area contributed by atoms with Gasteiger partial charge in [-0.1, -0.05) is 0 Å². The minimum Gasteiger partial charge on any atom is -0.497 e. The summed E-state index contributed by atoms with van der Waals surface area (Å²) in [6.45, 7) is 1.54. The molecule has 0 spiro atoms. The molecule has 1 saturated heterocycles. The maximum atomic E-state index is 12.4. The zero-order valence-corrected chi connectivity index (χ0v) is 16.1. The lowest BCUT2D eigenvalue weighted by molar-refractivity contribution is 0.0681. The van der Waals surface area contributed by atoms with Gasteiger partial charge in [0.05, 0.1) is 23.7 Å². The van der Waals surface area contributed by atoms with Gasteiger partial charge in [-0.25, -0.2) is 13.1 Å². The zero-order chi connectivity index (χ0) is 18.6. The molecule has 1 amide bonds. The van der Waals surface area contributed by atoms with Crippen molar-refractivity contribution in [1.82, 2.24) is 14.6 Å². The Morgan fingerprint density at radius 2 is 2.15 bits per heavy atom. The van der Waals surface area contributed by atoms with Gasteiger partial charge in [-0.3, -0.25) is 9.78 Å². The number of piperidine rings is 1. The molecule has 1 atom stereocenters. The number of benzene rings is 1. The second-order valence-electron chi connectivity index (χ2n) is 6.15. The molecule has 0 aliphatic carbocycles. The summed E-state index contributed by atoms with van der Waals surface area (Å²) >= 11 is 1.32. The average Bonchev–Trinajstić information content (AvgIpc) is 3.21. The lowest BCUT2D eigenvalue weighted by Crippen LogP contribution is -2.43. The molecule has 1 aliphatic heterocycles. The normalized spacial score (nSPS) is 17.9. The third-order valence-electron chi connectivity index (χ3n) is 4.38. The van der Waals surface area contributed by atoms with Crippen molar-refractivity contribution in [3.05, 3.63) is 40.8 Å². The largest absolute Gasteiger partial charge is 0.497 e. The molecule has 1 N–H and O–H groups in total.